The van der Waals surface area contributed by atoms with Gasteiger partial charge in [0.1, 0.15) is 5.82 Å². The van der Waals surface area contributed by atoms with Gasteiger partial charge in [0, 0.05) is 17.8 Å². The molecule has 21 heavy (non-hydrogen) atoms. The summed E-state index contributed by atoms with van der Waals surface area (Å²) in [5.74, 6) is -0.324. The molecule has 2 rings (SSSR count). The Bertz CT molecular complexity index is 630. The molecule has 1 aromatic heterocycles. The molecule has 0 spiro atoms. The second-order valence-electron chi connectivity index (χ2n) is 5.04. The van der Waals surface area contributed by atoms with E-state index in [1.54, 1.807) is 30.5 Å². The van der Waals surface area contributed by atoms with Crippen molar-refractivity contribution < 1.29 is 9.18 Å². The van der Waals surface area contributed by atoms with Crippen LogP contribution >= 0.6 is 0 Å². The maximum Gasteiger partial charge on any atom is 0.229 e. The first-order chi connectivity index (χ1) is 10.1. The van der Waals surface area contributed by atoms with Gasteiger partial charge in [0.15, 0.2) is 0 Å². The fourth-order valence-corrected chi connectivity index (χ4v) is 1.95. The maximum atomic E-state index is 13.5. The third kappa shape index (κ3) is 4.34. The van der Waals surface area contributed by atoms with Crippen LogP contribution in [0.5, 0.6) is 0 Å². The highest BCUT2D eigenvalue weighted by Gasteiger charge is 2.15. The third-order valence-corrected chi connectivity index (χ3v) is 3.28. The number of carbonyl (C=O) groups is 1. The number of anilines is 1. The smallest absolute Gasteiger partial charge is 0.229 e. The van der Waals surface area contributed by atoms with Crippen LogP contribution in [0.1, 0.15) is 24.6 Å². The first kappa shape index (κ1) is 15.1. The van der Waals surface area contributed by atoms with Crippen LogP contribution in [0.25, 0.3) is 0 Å². The van der Waals surface area contributed by atoms with Crippen LogP contribution in [-0.4, -0.2) is 15.9 Å². The number of rotatable bonds is 5. The Morgan fingerprint density at radius 2 is 2.10 bits per heavy atom. The molecule has 0 unspecified atom stereocenters. The zero-order chi connectivity index (χ0) is 15.2. The highest BCUT2D eigenvalue weighted by Crippen LogP contribution is 2.14. The van der Waals surface area contributed by atoms with Gasteiger partial charge < -0.3 is 0 Å². The van der Waals surface area contributed by atoms with Crippen LogP contribution in [0.4, 0.5) is 10.3 Å². The number of hydrogen-bond acceptors (Lipinski definition) is 3. The summed E-state index contributed by atoms with van der Waals surface area (Å²) in [5.41, 5.74) is 1.42. The van der Waals surface area contributed by atoms with Crippen LogP contribution in [0.3, 0.4) is 0 Å². The van der Waals surface area contributed by atoms with E-state index in [9.17, 15) is 9.18 Å². The molecule has 110 valence electrons. The second kappa shape index (κ2) is 6.92. The molecule has 1 atom stereocenters. The minimum Gasteiger partial charge on any atom is -0.294 e. The van der Waals surface area contributed by atoms with Gasteiger partial charge >= 0.3 is 0 Å². The quantitative estimate of drug-likeness (QED) is 0.919. The molecule has 1 amide bonds. The van der Waals surface area contributed by atoms with Crippen LogP contribution in [-0.2, 0) is 11.2 Å². The highest BCUT2D eigenvalue weighted by molar-refractivity contribution is 5.90. The lowest BCUT2D eigenvalue weighted by Gasteiger charge is -2.11. The van der Waals surface area contributed by atoms with E-state index in [0.717, 1.165) is 5.69 Å². The summed E-state index contributed by atoms with van der Waals surface area (Å²) in [4.78, 5) is 20.2. The lowest BCUT2D eigenvalue weighted by molar-refractivity contribution is -0.119. The van der Waals surface area contributed by atoms with Crippen molar-refractivity contribution >= 4 is 11.9 Å². The van der Waals surface area contributed by atoms with Crippen LogP contribution in [0, 0.1) is 18.7 Å². The van der Waals surface area contributed by atoms with E-state index in [-0.39, 0.29) is 17.6 Å². The fraction of sp³-hybridized carbons (Fsp3) is 0.312. The number of aryl methyl sites for hydroxylation is 2. The number of halogens is 1. The average Bonchev–Trinajstić information content (AvgIpc) is 2.46. The number of nitrogens with one attached hydrogen (secondary N) is 1. The van der Waals surface area contributed by atoms with Gasteiger partial charge in [-0.05, 0) is 37.5 Å². The molecule has 1 heterocycles. The van der Waals surface area contributed by atoms with E-state index in [1.807, 2.05) is 13.8 Å². The summed E-state index contributed by atoms with van der Waals surface area (Å²) in [6.07, 6.45) is 2.69. The number of hydrogen-bond donors (Lipinski definition) is 1. The molecule has 0 aliphatic heterocycles. The van der Waals surface area contributed by atoms with Gasteiger partial charge in [0.2, 0.25) is 11.9 Å². The SMILES string of the molecule is Cc1ccnc(NC(=O)[C@H](C)CCc2ccccc2F)n1. The van der Waals surface area contributed by atoms with Crippen LogP contribution in [0.15, 0.2) is 36.5 Å². The first-order valence-corrected chi connectivity index (χ1v) is 6.90. The van der Waals surface area contributed by atoms with Crippen molar-refractivity contribution in [3.63, 3.8) is 0 Å². The van der Waals surface area contributed by atoms with Gasteiger partial charge in [0.25, 0.3) is 0 Å². The summed E-state index contributed by atoms with van der Waals surface area (Å²) in [6, 6.07) is 8.38. The average molecular weight is 287 g/mol. The predicted molar refractivity (Wildman–Crippen MR) is 79.3 cm³/mol. The topological polar surface area (TPSA) is 54.9 Å². The zero-order valence-electron chi connectivity index (χ0n) is 12.1. The van der Waals surface area contributed by atoms with Crippen molar-refractivity contribution in [3.05, 3.63) is 53.6 Å². The molecule has 5 heteroatoms. The highest BCUT2D eigenvalue weighted by atomic mass is 19.1. The first-order valence-electron chi connectivity index (χ1n) is 6.90. The minimum absolute atomic E-state index is 0.156. The molecule has 0 radical (unpaired) electrons. The van der Waals surface area contributed by atoms with Crippen molar-refractivity contribution in [3.8, 4) is 0 Å². The number of carbonyl (C=O) groups excluding carboxylic acids is 1. The Kier molecular flexibility index (Phi) is 4.98. The van der Waals surface area contributed by atoms with Gasteiger partial charge in [-0.1, -0.05) is 25.1 Å². The summed E-state index contributed by atoms with van der Waals surface area (Å²) in [5, 5.41) is 2.68. The normalized spacial score (nSPS) is 12.0. The van der Waals surface area contributed by atoms with Gasteiger partial charge in [-0.25, -0.2) is 14.4 Å². The minimum atomic E-state index is -0.242. The lowest BCUT2D eigenvalue weighted by atomic mass is 10.00. The number of aromatic nitrogens is 2. The lowest BCUT2D eigenvalue weighted by Crippen LogP contribution is -2.22. The van der Waals surface area contributed by atoms with Gasteiger partial charge in [-0.15, -0.1) is 0 Å². The number of nitrogens with zero attached hydrogens (tertiary/aromatic N) is 2. The molecule has 0 saturated heterocycles. The van der Waals surface area contributed by atoms with E-state index in [1.165, 1.54) is 6.07 Å². The van der Waals surface area contributed by atoms with E-state index >= 15 is 0 Å². The molecule has 2 aromatic rings. The monoisotopic (exact) mass is 287 g/mol. The van der Waals surface area contributed by atoms with E-state index in [2.05, 4.69) is 15.3 Å². The van der Waals surface area contributed by atoms with Crippen molar-refractivity contribution in [2.45, 2.75) is 26.7 Å². The summed E-state index contributed by atoms with van der Waals surface area (Å²) >= 11 is 0. The Morgan fingerprint density at radius 1 is 1.33 bits per heavy atom. The Balaban J connectivity index is 1.90. The maximum absolute atomic E-state index is 13.5. The predicted octanol–water partition coefficient (Wildman–Crippen LogP) is 3.13. The van der Waals surface area contributed by atoms with Crippen molar-refractivity contribution in [2.75, 3.05) is 5.32 Å². The molecular formula is C16H18FN3O. The summed E-state index contributed by atoms with van der Waals surface area (Å²) < 4.78 is 13.5. The van der Waals surface area contributed by atoms with E-state index < -0.39 is 0 Å². The molecule has 0 fully saturated rings. The molecule has 0 aliphatic carbocycles. The Labute approximate surface area is 123 Å². The molecule has 0 saturated carbocycles. The Morgan fingerprint density at radius 3 is 2.81 bits per heavy atom. The summed E-state index contributed by atoms with van der Waals surface area (Å²) in [6.45, 7) is 3.64. The van der Waals surface area contributed by atoms with Crippen molar-refractivity contribution in [2.24, 2.45) is 5.92 Å². The molecular weight excluding hydrogens is 269 g/mol. The zero-order valence-corrected chi connectivity index (χ0v) is 12.1. The Hall–Kier alpha value is -2.30. The molecule has 1 N–H and O–H groups in total. The molecule has 0 bridgehead atoms. The van der Waals surface area contributed by atoms with Gasteiger partial charge in [-0.3, -0.25) is 10.1 Å². The van der Waals surface area contributed by atoms with Crippen molar-refractivity contribution in [1.82, 2.24) is 9.97 Å². The number of amides is 1. The van der Waals surface area contributed by atoms with Crippen LogP contribution < -0.4 is 5.32 Å². The molecule has 4 nitrogen and oxygen atoms in total. The number of benzene rings is 1. The molecule has 0 aliphatic rings. The van der Waals surface area contributed by atoms with Gasteiger partial charge in [-0.2, -0.15) is 0 Å². The fourth-order valence-electron chi connectivity index (χ4n) is 1.95. The van der Waals surface area contributed by atoms with E-state index in [0.29, 0.717) is 24.4 Å². The van der Waals surface area contributed by atoms with E-state index in [4.69, 9.17) is 0 Å². The molecule has 1 aromatic carbocycles. The van der Waals surface area contributed by atoms with Crippen LogP contribution in [0.2, 0.25) is 0 Å². The second-order valence-corrected chi connectivity index (χ2v) is 5.04. The third-order valence-electron chi connectivity index (χ3n) is 3.28. The standard InChI is InChI=1S/C16H18FN3O/c1-11(7-8-13-5-3-4-6-14(13)17)15(21)20-16-18-10-9-12(2)19-16/h3-6,9-11H,7-8H2,1-2H3,(H,18,19,20,21)/t11-/m1/s1. The summed E-state index contributed by atoms with van der Waals surface area (Å²) in [7, 11) is 0. The van der Waals surface area contributed by atoms with Gasteiger partial charge in [0.05, 0.1) is 0 Å². The largest absolute Gasteiger partial charge is 0.294 e. The van der Waals surface area contributed by atoms with Crippen molar-refractivity contribution in [1.29, 1.82) is 0 Å².